The Morgan fingerprint density at radius 2 is 2.05 bits per heavy atom. The van der Waals surface area contributed by atoms with Crippen LogP contribution >= 0.6 is 0 Å². The highest BCUT2D eigenvalue weighted by Crippen LogP contribution is 2.13. The van der Waals surface area contributed by atoms with Crippen molar-refractivity contribution in [3.05, 3.63) is 35.4 Å². The van der Waals surface area contributed by atoms with Gasteiger partial charge in [0.05, 0.1) is 18.2 Å². The second kappa shape index (κ2) is 8.73. The van der Waals surface area contributed by atoms with Crippen LogP contribution in [0.2, 0.25) is 0 Å². The average Bonchev–Trinajstić information content (AvgIpc) is 2.76. The molecular weight excluding hydrogens is 232 g/mol. The molecule has 2 nitrogen and oxygen atoms in total. The van der Waals surface area contributed by atoms with Gasteiger partial charge < -0.3 is 4.57 Å². The van der Waals surface area contributed by atoms with Gasteiger partial charge in [-0.2, -0.15) is 0 Å². The van der Waals surface area contributed by atoms with Crippen LogP contribution in [0.4, 0.5) is 0 Å². The number of hydrogen-bond acceptors (Lipinski definition) is 1. The maximum Gasteiger partial charge on any atom is 0.0950 e. The van der Waals surface area contributed by atoms with E-state index in [9.17, 15) is 0 Å². The minimum atomic E-state index is 1.08. The summed E-state index contributed by atoms with van der Waals surface area (Å²) in [7, 11) is 0. The smallest absolute Gasteiger partial charge is 0.0950 e. The van der Waals surface area contributed by atoms with Crippen molar-refractivity contribution in [3.63, 3.8) is 0 Å². The fourth-order valence-electron chi connectivity index (χ4n) is 2.08. The van der Waals surface area contributed by atoms with E-state index in [0.29, 0.717) is 0 Å². The Labute approximate surface area is 118 Å². The summed E-state index contributed by atoms with van der Waals surface area (Å²) in [6.07, 6.45) is 14.6. The van der Waals surface area contributed by atoms with Crippen molar-refractivity contribution in [1.82, 2.24) is 9.55 Å². The largest absolute Gasteiger partial charge is 0.331 e. The fraction of sp³-hybridized carbons (Fsp3) is 0.588. The topological polar surface area (TPSA) is 17.8 Å². The molecular formula is C17H28N2. The molecule has 0 aliphatic carbocycles. The summed E-state index contributed by atoms with van der Waals surface area (Å²) >= 11 is 0. The summed E-state index contributed by atoms with van der Waals surface area (Å²) < 4.78 is 2.26. The molecule has 1 aromatic heterocycles. The molecule has 0 aliphatic heterocycles. The van der Waals surface area contributed by atoms with Crippen molar-refractivity contribution < 1.29 is 0 Å². The molecule has 1 rings (SSSR count). The quantitative estimate of drug-likeness (QED) is 0.462. The predicted molar refractivity (Wildman–Crippen MR) is 84.1 cm³/mol. The SMILES string of the molecule is CCCCCn1cncc1/C=C(\C)CCC=C(C)C. The van der Waals surface area contributed by atoms with Gasteiger partial charge in [0, 0.05) is 6.54 Å². The van der Waals surface area contributed by atoms with E-state index in [-0.39, 0.29) is 0 Å². The van der Waals surface area contributed by atoms with Crippen LogP contribution in [-0.4, -0.2) is 9.55 Å². The fourth-order valence-corrected chi connectivity index (χ4v) is 2.08. The highest BCUT2D eigenvalue weighted by Gasteiger charge is 1.99. The molecule has 19 heavy (non-hydrogen) atoms. The molecule has 0 unspecified atom stereocenters. The number of aryl methyl sites for hydroxylation is 1. The summed E-state index contributed by atoms with van der Waals surface area (Å²) in [6.45, 7) is 9.84. The van der Waals surface area contributed by atoms with Gasteiger partial charge in [0.2, 0.25) is 0 Å². The molecule has 1 aromatic rings. The maximum absolute atomic E-state index is 4.27. The maximum atomic E-state index is 4.27. The van der Waals surface area contributed by atoms with Crippen LogP contribution in [0.5, 0.6) is 0 Å². The Morgan fingerprint density at radius 1 is 1.26 bits per heavy atom. The molecule has 0 fully saturated rings. The zero-order valence-corrected chi connectivity index (χ0v) is 12.9. The van der Waals surface area contributed by atoms with Gasteiger partial charge in [0.15, 0.2) is 0 Å². The lowest BCUT2D eigenvalue weighted by molar-refractivity contribution is 0.599. The second-order valence-corrected chi connectivity index (χ2v) is 5.53. The van der Waals surface area contributed by atoms with Crippen molar-refractivity contribution >= 4 is 6.08 Å². The number of allylic oxidation sites excluding steroid dienone is 3. The van der Waals surface area contributed by atoms with Crippen molar-refractivity contribution in [2.45, 2.75) is 66.3 Å². The summed E-state index contributed by atoms with van der Waals surface area (Å²) in [4.78, 5) is 4.27. The van der Waals surface area contributed by atoms with Crippen LogP contribution < -0.4 is 0 Å². The Kier molecular flexibility index (Phi) is 7.24. The van der Waals surface area contributed by atoms with Crippen LogP contribution in [0, 0.1) is 0 Å². The summed E-state index contributed by atoms with van der Waals surface area (Å²) in [6, 6.07) is 0. The lowest BCUT2D eigenvalue weighted by atomic mass is 10.1. The molecule has 0 amide bonds. The summed E-state index contributed by atoms with van der Waals surface area (Å²) in [5.41, 5.74) is 4.07. The van der Waals surface area contributed by atoms with Crippen LogP contribution in [-0.2, 0) is 6.54 Å². The summed E-state index contributed by atoms with van der Waals surface area (Å²) in [5.74, 6) is 0. The zero-order chi connectivity index (χ0) is 14.1. The third-order valence-electron chi connectivity index (χ3n) is 3.23. The Hall–Kier alpha value is -1.31. The van der Waals surface area contributed by atoms with E-state index in [1.165, 1.54) is 36.1 Å². The molecule has 0 atom stereocenters. The van der Waals surface area contributed by atoms with E-state index < -0.39 is 0 Å². The average molecular weight is 260 g/mol. The Bertz CT molecular complexity index is 420. The molecule has 0 radical (unpaired) electrons. The number of rotatable bonds is 8. The van der Waals surface area contributed by atoms with Crippen molar-refractivity contribution in [1.29, 1.82) is 0 Å². The van der Waals surface area contributed by atoms with Crippen LogP contribution in [0.25, 0.3) is 6.08 Å². The Balaban J connectivity index is 2.54. The molecule has 1 heterocycles. The predicted octanol–water partition coefficient (Wildman–Crippen LogP) is 5.22. The van der Waals surface area contributed by atoms with Crippen LogP contribution in [0.1, 0.15) is 65.5 Å². The highest BCUT2D eigenvalue weighted by atomic mass is 15.0. The second-order valence-electron chi connectivity index (χ2n) is 5.53. The third kappa shape index (κ3) is 6.42. The van der Waals surface area contributed by atoms with Crippen molar-refractivity contribution in [2.75, 3.05) is 0 Å². The van der Waals surface area contributed by atoms with Gasteiger partial charge in [-0.25, -0.2) is 4.98 Å². The van der Waals surface area contributed by atoms with E-state index in [2.05, 4.69) is 49.4 Å². The summed E-state index contributed by atoms with van der Waals surface area (Å²) in [5, 5.41) is 0. The first-order chi connectivity index (χ1) is 9.13. The molecule has 0 N–H and O–H groups in total. The minimum Gasteiger partial charge on any atom is -0.331 e. The van der Waals surface area contributed by atoms with Crippen molar-refractivity contribution in [2.24, 2.45) is 0 Å². The van der Waals surface area contributed by atoms with Gasteiger partial charge in [-0.05, 0) is 46.1 Å². The normalized spacial score (nSPS) is 11.7. The van der Waals surface area contributed by atoms with Crippen LogP contribution in [0.3, 0.4) is 0 Å². The van der Waals surface area contributed by atoms with E-state index in [4.69, 9.17) is 0 Å². The van der Waals surface area contributed by atoms with Gasteiger partial charge in [-0.1, -0.05) is 37.0 Å². The first-order valence-electron chi connectivity index (χ1n) is 7.44. The molecule has 2 heteroatoms. The molecule has 0 bridgehead atoms. The number of nitrogens with zero attached hydrogens (tertiary/aromatic N) is 2. The van der Waals surface area contributed by atoms with Crippen molar-refractivity contribution in [3.8, 4) is 0 Å². The Morgan fingerprint density at radius 3 is 2.74 bits per heavy atom. The van der Waals surface area contributed by atoms with E-state index in [1.54, 1.807) is 0 Å². The molecule has 0 spiro atoms. The lowest BCUT2D eigenvalue weighted by Crippen LogP contribution is -1.98. The minimum absolute atomic E-state index is 1.08. The van der Waals surface area contributed by atoms with Crippen LogP contribution in [0.15, 0.2) is 29.7 Å². The molecule has 106 valence electrons. The number of aromatic nitrogens is 2. The van der Waals surface area contributed by atoms with Gasteiger partial charge in [0.25, 0.3) is 0 Å². The van der Waals surface area contributed by atoms with E-state index >= 15 is 0 Å². The molecule has 0 saturated heterocycles. The van der Waals surface area contributed by atoms with Gasteiger partial charge >= 0.3 is 0 Å². The standard InChI is InChI=1S/C17H28N2/c1-5-6-7-11-19-14-18-13-17(19)12-16(4)10-8-9-15(2)3/h9,12-14H,5-8,10-11H2,1-4H3/b16-12+. The third-order valence-corrected chi connectivity index (χ3v) is 3.23. The van der Waals surface area contributed by atoms with E-state index in [0.717, 1.165) is 19.4 Å². The number of unbranched alkanes of at least 4 members (excludes halogenated alkanes) is 2. The molecule has 0 aliphatic rings. The first kappa shape index (κ1) is 15.7. The van der Waals surface area contributed by atoms with Gasteiger partial charge in [-0.15, -0.1) is 0 Å². The number of hydrogen-bond donors (Lipinski definition) is 0. The zero-order valence-electron chi connectivity index (χ0n) is 12.9. The molecule has 0 aromatic carbocycles. The van der Waals surface area contributed by atoms with Gasteiger partial charge in [0.1, 0.15) is 0 Å². The first-order valence-corrected chi connectivity index (χ1v) is 7.44. The number of imidazole rings is 1. The van der Waals surface area contributed by atoms with E-state index in [1.807, 2.05) is 12.5 Å². The monoisotopic (exact) mass is 260 g/mol. The molecule has 0 saturated carbocycles. The lowest BCUT2D eigenvalue weighted by Gasteiger charge is -2.06. The highest BCUT2D eigenvalue weighted by molar-refractivity contribution is 5.47. The van der Waals surface area contributed by atoms with Gasteiger partial charge in [-0.3, -0.25) is 0 Å².